The van der Waals surface area contributed by atoms with Crippen molar-refractivity contribution in [2.75, 3.05) is 13.2 Å². The Morgan fingerprint density at radius 3 is 2.33 bits per heavy atom. The van der Waals surface area contributed by atoms with Gasteiger partial charge in [0, 0.05) is 5.56 Å². The summed E-state index contributed by atoms with van der Waals surface area (Å²) in [6, 6.07) is 13.7. The van der Waals surface area contributed by atoms with E-state index in [1.807, 2.05) is 26.0 Å². The minimum absolute atomic E-state index is 0.259. The van der Waals surface area contributed by atoms with E-state index < -0.39 is 5.97 Å². The van der Waals surface area contributed by atoms with Crippen LogP contribution in [-0.2, 0) is 9.53 Å². The molecule has 2 aromatic carbocycles. The Balaban J connectivity index is 1.80. The quantitative estimate of drug-likeness (QED) is 0.603. The van der Waals surface area contributed by atoms with E-state index in [0.717, 1.165) is 11.1 Å². The average molecular weight is 323 g/mol. The Bertz CT molecular complexity index is 788. The molecule has 0 aromatic heterocycles. The number of nitriles is 1. The van der Waals surface area contributed by atoms with Crippen LogP contribution >= 0.6 is 0 Å². The lowest BCUT2D eigenvalue weighted by molar-refractivity contribution is -0.144. The number of benzene rings is 2. The average Bonchev–Trinajstić information content (AvgIpc) is 2.60. The minimum Gasteiger partial charge on any atom is -0.482 e. The van der Waals surface area contributed by atoms with E-state index in [2.05, 4.69) is 0 Å². The third-order valence-corrected chi connectivity index (χ3v) is 3.53. The van der Waals surface area contributed by atoms with Crippen LogP contribution in [0.3, 0.4) is 0 Å². The molecule has 0 bridgehead atoms. The molecule has 0 unspecified atom stereocenters. The first-order chi connectivity index (χ1) is 11.5. The van der Waals surface area contributed by atoms with Crippen molar-refractivity contribution in [1.29, 1.82) is 5.26 Å². The number of hydrogen-bond acceptors (Lipinski definition) is 5. The van der Waals surface area contributed by atoms with E-state index in [4.69, 9.17) is 14.7 Å². The number of nitrogens with zero attached hydrogens (tertiary/aromatic N) is 1. The molecule has 0 spiro atoms. The summed E-state index contributed by atoms with van der Waals surface area (Å²) >= 11 is 0. The van der Waals surface area contributed by atoms with Gasteiger partial charge < -0.3 is 9.47 Å². The first-order valence-electron chi connectivity index (χ1n) is 7.38. The third kappa shape index (κ3) is 4.68. The maximum Gasteiger partial charge on any atom is 0.344 e. The van der Waals surface area contributed by atoms with Crippen molar-refractivity contribution in [2.45, 2.75) is 13.8 Å². The standard InChI is InChI=1S/C19H17NO4/c1-13-3-6-16(9-14(13)2)18(21)11-24-19(22)12-23-17-7-4-15(10-20)5-8-17/h3-9H,11-12H2,1-2H3. The van der Waals surface area contributed by atoms with Crippen LogP contribution < -0.4 is 4.74 Å². The third-order valence-electron chi connectivity index (χ3n) is 3.53. The summed E-state index contributed by atoms with van der Waals surface area (Å²) in [6.07, 6.45) is 0. The van der Waals surface area contributed by atoms with E-state index in [-0.39, 0.29) is 19.0 Å². The molecule has 24 heavy (non-hydrogen) atoms. The normalized spacial score (nSPS) is 9.88. The molecule has 0 aliphatic rings. The number of ketones is 1. The second-order valence-corrected chi connectivity index (χ2v) is 5.31. The Labute approximate surface area is 140 Å². The topological polar surface area (TPSA) is 76.4 Å². The number of ether oxygens (including phenoxy) is 2. The van der Waals surface area contributed by atoms with Crippen molar-refractivity contribution in [3.8, 4) is 11.8 Å². The van der Waals surface area contributed by atoms with Crippen LogP contribution in [0.15, 0.2) is 42.5 Å². The number of hydrogen-bond donors (Lipinski definition) is 0. The van der Waals surface area contributed by atoms with Crippen molar-refractivity contribution in [3.63, 3.8) is 0 Å². The molecule has 0 aliphatic heterocycles. The fraction of sp³-hybridized carbons (Fsp3) is 0.211. The summed E-state index contributed by atoms with van der Waals surface area (Å²) in [5.74, 6) is -0.437. The molecule has 5 nitrogen and oxygen atoms in total. The SMILES string of the molecule is Cc1ccc(C(=O)COC(=O)COc2ccc(C#N)cc2)cc1C. The molecular formula is C19H17NO4. The van der Waals surface area contributed by atoms with Crippen molar-refractivity contribution < 1.29 is 19.1 Å². The maximum absolute atomic E-state index is 12.0. The Kier molecular flexibility index (Phi) is 5.69. The van der Waals surface area contributed by atoms with Gasteiger partial charge in [-0.25, -0.2) is 4.79 Å². The molecule has 5 heteroatoms. The van der Waals surface area contributed by atoms with Gasteiger partial charge in [-0.1, -0.05) is 12.1 Å². The maximum atomic E-state index is 12.0. The second kappa shape index (κ2) is 7.93. The highest BCUT2D eigenvalue weighted by atomic mass is 16.6. The molecule has 2 rings (SSSR count). The zero-order valence-corrected chi connectivity index (χ0v) is 13.5. The van der Waals surface area contributed by atoms with Gasteiger partial charge in [0.15, 0.2) is 19.0 Å². The number of Topliss-reactive ketones (excluding diaryl/α,β-unsaturated/α-hetero) is 1. The van der Waals surface area contributed by atoms with Gasteiger partial charge in [-0.3, -0.25) is 4.79 Å². The lowest BCUT2D eigenvalue weighted by Gasteiger charge is -2.08. The fourth-order valence-corrected chi connectivity index (χ4v) is 1.95. The van der Waals surface area contributed by atoms with E-state index in [1.54, 1.807) is 36.4 Å². The van der Waals surface area contributed by atoms with Crippen LogP contribution in [0.25, 0.3) is 0 Å². The Hall–Kier alpha value is -3.13. The number of carbonyl (C=O) groups excluding carboxylic acids is 2. The van der Waals surface area contributed by atoms with Crippen molar-refractivity contribution in [2.24, 2.45) is 0 Å². The Morgan fingerprint density at radius 2 is 1.71 bits per heavy atom. The molecule has 0 saturated heterocycles. The highest BCUT2D eigenvalue weighted by Crippen LogP contribution is 2.12. The van der Waals surface area contributed by atoms with Gasteiger partial charge in [0.2, 0.25) is 0 Å². The summed E-state index contributed by atoms with van der Waals surface area (Å²) in [5.41, 5.74) is 3.12. The van der Waals surface area contributed by atoms with Gasteiger partial charge >= 0.3 is 5.97 Å². The number of carbonyl (C=O) groups is 2. The predicted molar refractivity (Wildman–Crippen MR) is 87.9 cm³/mol. The van der Waals surface area contributed by atoms with Gasteiger partial charge in [0.1, 0.15) is 5.75 Å². The van der Waals surface area contributed by atoms with Crippen LogP contribution in [0.5, 0.6) is 5.75 Å². The number of rotatable bonds is 6. The summed E-state index contributed by atoms with van der Waals surface area (Å²) < 4.78 is 10.2. The molecule has 0 amide bonds. The van der Waals surface area contributed by atoms with Crippen LogP contribution in [-0.4, -0.2) is 25.0 Å². The molecule has 0 aliphatic carbocycles. The van der Waals surface area contributed by atoms with Crippen LogP contribution in [0.4, 0.5) is 0 Å². The van der Waals surface area contributed by atoms with Gasteiger partial charge in [0.25, 0.3) is 0 Å². The number of aryl methyl sites for hydroxylation is 2. The highest BCUT2D eigenvalue weighted by molar-refractivity contribution is 5.98. The van der Waals surface area contributed by atoms with Crippen LogP contribution in [0, 0.1) is 25.2 Å². The number of esters is 1. The van der Waals surface area contributed by atoms with Crippen molar-refractivity contribution in [1.82, 2.24) is 0 Å². The molecule has 2 aromatic rings. The second-order valence-electron chi connectivity index (χ2n) is 5.31. The molecule has 122 valence electrons. The first-order valence-corrected chi connectivity index (χ1v) is 7.38. The summed E-state index contributed by atoms with van der Waals surface area (Å²) in [7, 11) is 0. The lowest BCUT2D eigenvalue weighted by atomic mass is 10.0. The molecule has 0 fully saturated rings. The lowest BCUT2D eigenvalue weighted by Crippen LogP contribution is -2.19. The van der Waals surface area contributed by atoms with Crippen LogP contribution in [0.1, 0.15) is 27.0 Å². The molecule has 0 radical (unpaired) electrons. The van der Waals surface area contributed by atoms with Gasteiger partial charge in [0.05, 0.1) is 11.6 Å². The summed E-state index contributed by atoms with van der Waals surface area (Å²) in [4.78, 5) is 23.7. The predicted octanol–water partition coefficient (Wildman–Crippen LogP) is 2.98. The van der Waals surface area contributed by atoms with Crippen LogP contribution in [0.2, 0.25) is 0 Å². The Morgan fingerprint density at radius 1 is 1.00 bits per heavy atom. The molecule has 0 N–H and O–H groups in total. The first kappa shape index (κ1) is 17.2. The van der Waals surface area contributed by atoms with E-state index in [0.29, 0.717) is 16.9 Å². The molecular weight excluding hydrogens is 306 g/mol. The molecule has 0 heterocycles. The fourth-order valence-electron chi connectivity index (χ4n) is 1.95. The largest absolute Gasteiger partial charge is 0.482 e. The zero-order valence-electron chi connectivity index (χ0n) is 13.5. The molecule has 0 atom stereocenters. The molecule has 0 saturated carbocycles. The highest BCUT2D eigenvalue weighted by Gasteiger charge is 2.11. The van der Waals surface area contributed by atoms with Gasteiger partial charge in [-0.2, -0.15) is 5.26 Å². The van der Waals surface area contributed by atoms with Gasteiger partial charge in [-0.05, 0) is 55.3 Å². The van der Waals surface area contributed by atoms with Crippen molar-refractivity contribution in [3.05, 3.63) is 64.7 Å². The van der Waals surface area contributed by atoms with Gasteiger partial charge in [-0.15, -0.1) is 0 Å². The van der Waals surface area contributed by atoms with E-state index in [9.17, 15) is 9.59 Å². The van der Waals surface area contributed by atoms with E-state index >= 15 is 0 Å². The smallest absolute Gasteiger partial charge is 0.344 e. The van der Waals surface area contributed by atoms with Crippen molar-refractivity contribution >= 4 is 11.8 Å². The monoisotopic (exact) mass is 323 g/mol. The summed E-state index contributed by atoms with van der Waals surface area (Å²) in [6.45, 7) is 3.26. The minimum atomic E-state index is -0.628. The zero-order chi connectivity index (χ0) is 17.5. The van der Waals surface area contributed by atoms with E-state index in [1.165, 1.54) is 0 Å². The summed E-state index contributed by atoms with van der Waals surface area (Å²) in [5, 5.41) is 8.70.